The third-order valence-corrected chi connectivity index (χ3v) is 16.2. The lowest BCUT2D eigenvalue weighted by Gasteiger charge is -2.30. The van der Waals surface area contributed by atoms with Gasteiger partial charge in [0, 0.05) is 123 Å². The molecule has 15 heterocycles. The Morgan fingerprint density at radius 2 is 0.879 bits per heavy atom. The molecule has 12 aromatic heterocycles. The van der Waals surface area contributed by atoms with Gasteiger partial charge in [0.05, 0.1) is 15.1 Å². The average Bonchev–Trinajstić information content (AvgIpc) is 1.70. The molecule has 4 fully saturated rings. The first-order valence-corrected chi connectivity index (χ1v) is 30.1. The summed E-state index contributed by atoms with van der Waals surface area (Å²) in [6.07, 6.45) is 21.5. The van der Waals surface area contributed by atoms with Gasteiger partial charge < -0.3 is 20.0 Å². The van der Waals surface area contributed by atoms with Crippen LogP contribution in [-0.4, -0.2) is 167 Å². The number of likely N-dealkylation sites (tertiary alicyclic amines) is 3. The molecule has 1 saturated carbocycles. The minimum Gasteiger partial charge on any atom is -0.348 e. The Morgan fingerprint density at radius 3 is 1.30 bits per heavy atom. The van der Waals surface area contributed by atoms with Crippen molar-refractivity contribution in [2.24, 2.45) is 0 Å². The molecule has 1 aromatic carbocycles. The highest BCUT2D eigenvalue weighted by Crippen LogP contribution is 2.33. The fourth-order valence-electron chi connectivity index (χ4n) is 10.4. The smallest absolute Gasteiger partial charge is 0.274 e. The summed E-state index contributed by atoms with van der Waals surface area (Å²) in [5.41, 5.74) is 9.77. The van der Waals surface area contributed by atoms with Crippen LogP contribution in [0.2, 0.25) is 15.1 Å². The van der Waals surface area contributed by atoms with Gasteiger partial charge in [-0.1, -0.05) is 40.9 Å². The Kier molecular flexibility index (Phi) is 15.7. The van der Waals surface area contributed by atoms with Gasteiger partial charge in [-0.25, -0.2) is 51.9 Å². The zero-order chi connectivity index (χ0) is 62.3. The highest BCUT2D eigenvalue weighted by Gasteiger charge is 2.33. The van der Waals surface area contributed by atoms with E-state index in [1.807, 2.05) is 42.6 Å². The topological polar surface area (TPSA) is 267 Å². The zero-order valence-electron chi connectivity index (χ0n) is 47.9. The van der Waals surface area contributed by atoms with E-state index < -0.39 is 5.82 Å². The highest BCUT2D eigenvalue weighted by atomic mass is 35.5. The van der Waals surface area contributed by atoms with Crippen molar-refractivity contribution < 1.29 is 23.6 Å². The first-order chi connectivity index (χ1) is 44.4. The number of carbonyl (C=O) groups excluding carboxylic acids is 4. The van der Waals surface area contributed by atoms with E-state index in [2.05, 4.69) is 65.7 Å². The molecule has 454 valence electrons. The predicted molar refractivity (Wildman–Crippen MR) is 333 cm³/mol. The van der Waals surface area contributed by atoms with E-state index in [4.69, 9.17) is 34.8 Å². The summed E-state index contributed by atoms with van der Waals surface area (Å²) in [7, 11) is 0. The van der Waals surface area contributed by atoms with Gasteiger partial charge in [0.2, 0.25) is 0 Å². The second-order valence-corrected chi connectivity index (χ2v) is 22.8. The Balaban J connectivity index is 0.000000106. The lowest BCUT2D eigenvalue weighted by Crippen LogP contribution is -2.42. The molecule has 3 aliphatic heterocycles. The van der Waals surface area contributed by atoms with Crippen LogP contribution in [0.25, 0.3) is 73.3 Å². The summed E-state index contributed by atoms with van der Waals surface area (Å²) in [4.78, 5) is 86.0. The van der Waals surface area contributed by atoms with Gasteiger partial charge in [-0.2, -0.15) is 25.5 Å². The third-order valence-electron chi connectivity index (χ3n) is 15.4. The molecule has 4 aliphatic rings. The van der Waals surface area contributed by atoms with Crippen LogP contribution in [0.4, 0.5) is 4.39 Å². The number of nitrogens with zero attached hydrogens (tertiary/aromatic N) is 20. The number of carbonyl (C=O) groups is 4. The molecule has 0 bridgehead atoms. The van der Waals surface area contributed by atoms with E-state index in [0.29, 0.717) is 96.7 Å². The van der Waals surface area contributed by atoms with Gasteiger partial charge >= 0.3 is 0 Å². The molecule has 1 aliphatic carbocycles. The maximum Gasteiger partial charge on any atom is 0.274 e. The molecule has 4 amide bonds. The van der Waals surface area contributed by atoms with E-state index in [1.54, 1.807) is 129 Å². The molecule has 3 saturated heterocycles. The van der Waals surface area contributed by atoms with Crippen LogP contribution >= 0.6 is 34.8 Å². The molecule has 25 nitrogen and oxygen atoms in total. The number of pyridine rings is 3. The van der Waals surface area contributed by atoms with E-state index in [9.17, 15) is 23.6 Å². The maximum absolute atomic E-state index is 13.9. The summed E-state index contributed by atoms with van der Waals surface area (Å²) in [6.45, 7) is 4.53. The minimum atomic E-state index is -0.544. The van der Waals surface area contributed by atoms with Gasteiger partial charge in [-0.3, -0.25) is 29.1 Å². The summed E-state index contributed by atoms with van der Waals surface area (Å²) in [5, 5.41) is 25.4. The molecule has 0 atom stereocenters. The summed E-state index contributed by atoms with van der Waals surface area (Å²) >= 11 is 17.8. The van der Waals surface area contributed by atoms with Crippen LogP contribution in [0.3, 0.4) is 0 Å². The highest BCUT2D eigenvalue weighted by molar-refractivity contribution is 6.31. The standard InChI is InChI=1S/C16H12ClFN4O.C16H13N7O.2C15H12ClN5O/c17-11-5-4-10(9-12(11)18)15-14(16(23)21-7-2-8-21)20-13-3-1-6-19-22(13)15;24-16(21-7-2-8-21)14-15(23-13(20-14)3-1-6-18-23)11-4-5-12-17-10-19-22(12)9-11;16-11-7-10(8-17-9-11)14-13(15(22)20-5-2-6-20)19-12-3-1-4-18-21(12)14;16-10-6-9(7-17-8-10)14-13(15(22)19-11-3-4-11)20-12-2-1-5-18-21(12)14/h1,3-6,9H,2,7-8H2;1,3-6,9-10H,2,7-8H2;1,3-4,7-9H,2,5-6H2;1-2,5-8,11H,3-4H2,(H,19,22). The number of amides is 4. The van der Waals surface area contributed by atoms with Crippen LogP contribution in [0.1, 0.15) is 74.1 Å². The van der Waals surface area contributed by atoms with E-state index in [1.165, 1.54) is 18.5 Å². The maximum atomic E-state index is 13.9. The quantitative estimate of drug-likeness (QED) is 0.141. The number of halogens is 4. The molecular weight excluding hydrogens is 1230 g/mol. The van der Waals surface area contributed by atoms with Crippen molar-refractivity contribution in [1.29, 1.82) is 0 Å². The molecule has 1 N–H and O–H groups in total. The number of benzene rings is 1. The number of nitrogens with one attached hydrogen (secondary N) is 1. The predicted octanol–water partition coefficient (Wildman–Crippen LogP) is 8.95. The SMILES string of the molecule is O=C(NC1CC1)c1nc2cccnn2c1-c1cncc(Cl)c1.O=C(c1nc2cccnn2c1-c1ccc(Cl)c(F)c1)N1CCC1.O=C(c1nc2cccnn2c1-c1ccc2ncnn2c1)N1CCC1.O=C(c1nc2cccnn2c1-c1cncc(Cl)c1)N1CCC1. The van der Waals surface area contributed by atoms with E-state index in [0.717, 1.165) is 75.1 Å². The first kappa shape index (κ1) is 58.0. The Morgan fingerprint density at radius 1 is 0.462 bits per heavy atom. The number of aromatic nitrogens is 17. The van der Waals surface area contributed by atoms with Gasteiger partial charge in [0.1, 0.15) is 34.9 Å². The van der Waals surface area contributed by atoms with Crippen molar-refractivity contribution in [3.63, 3.8) is 0 Å². The van der Waals surface area contributed by atoms with E-state index in [-0.39, 0.29) is 40.4 Å². The van der Waals surface area contributed by atoms with Crippen molar-refractivity contribution >= 4 is 86.7 Å². The van der Waals surface area contributed by atoms with Crippen LogP contribution in [0, 0.1) is 5.82 Å². The van der Waals surface area contributed by atoms with Crippen molar-refractivity contribution in [3.8, 4) is 45.0 Å². The molecule has 17 rings (SSSR count). The van der Waals surface area contributed by atoms with E-state index >= 15 is 0 Å². The van der Waals surface area contributed by atoms with Crippen LogP contribution in [-0.2, 0) is 0 Å². The van der Waals surface area contributed by atoms with Gasteiger partial charge in [-0.05, 0) is 117 Å². The molecular formula is C62H49Cl3FN21O4. The number of fused-ring (bicyclic) bond motifs is 5. The molecule has 13 aromatic rings. The number of hydrogen-bond donors (Lipinski definition) is 1. The first-order valence-electron chi connectivity index (χ1n) is 28.9. The Labute approximate surface area is 529 Å². The second kappa shape index (κ2) is 24.7. The van der Waals surface area contributed by atoms with Crippen molar-refractivity contribution in [2.45, 2.75) is 38.1 Å². The molecule has 0 radical (unpaired) electrons. The fourth-order valence-corrected chi connectivity index (χ4v) is 10.8. The summed E-state index contributed by atoms with van der Waals surface area (Å²) in [5.74, 6) is -1.03. The number of imidazole rings is 4. The van der Waals surface area contributed by atoms with Crippen molar-refractivity contribution in [3.05, 3.63) is 197 Å². The van der Waals surface area contributed by atoms with Crippen molar-refractivity contribution in [1.82, 2.24) is 103 Å². The average molecular weight is 1280 g/mol. The molecule has 0 spiro atoms. The Bertz CT molecular complexity index is 4970. The summed E-state index contributed by atoms with van der Waals surface area (Å²) in [6, 6.07) is 26.3. The second-order valence-electron chi connectivity index (χ2n) is 21.5. The molecule has 91 heavy (non-hydrogen) atoms. The molecule has 0 unspecified atom stereocenters. The summed E-state index contributed by atoms with van der Waals surface area (Å²) < 4.78 is 22.1. The number of hydrogen-bond acceptors (Lipinski definition) is 16. The lowest BCUT2D eigenvalue weighted by atomic mass is 10.1. The van der Waals surface area contributed by atoms with Gasteiger partial charge in [0.15, 0.2) is 51.0 Å². The monoisotopic (exact) mass is 1280 g/mol. The van der Waals surface area contributed by atoms with Crippen LogP contribution in [0.5, 0.6) is 0 Å². The van der Waals surface area contributed by atoms with Crippen molar-refractivity contribution in [2.75, 3.05) is 39.3 Å². The normalized spacial score (nSPS) is 14.2. The van der Waals surface area contributed by atoms with Gasteiger partial charge in [-0.15, -0.1) is 0 Å². The van der Waals surface area contributed by atoms with Gasteiger partial charge in [0.25, 0.3) is 23.6 Å². The minimum absolute atomic E-state index is 0.0335. The van der Waals surface area contributed by atoms with Crippen LogP contribution < -0.4 is 5.32 Å². The molecule has 29 heteroatoms. The zero-order valence-corrected chi connectivity index (χ0v) is 50.1. The number of rotatable bonds is 9. The Hall–Kier alpha value is -10.7. The van der Waals surface area contributed by atoms with Crippen LogP contribution in [0.15, 0.2) is 153 Å². The fraction of sp³-hybridized carbons (Fsp3) is 0.194. The largest absolute Gasteiger partial charge is 0.348 e. The lowest BCUT2D eigenvalue weighted by molar-refractivity contribution is 0.0640. The third kappa shape index (κ3) is 11.6.